The molecule has 3 aromatic carbocycles. The quantitative estimate of drug-likeness (QED) is 0.517. The van der Waals surface area contributed by atoms with Crippen molar-refractivity contribution < 1.29 is 10.0 Å². The van der Waals surface area contributed by atoms with Gasteiger partial charge in [-0.25, -0.2) is 4.98 Å². The zero-order valence-corrected chi connectivity index (χ0v) is 15.1. The average Bonchev–Trinajstić information content (AvgIpc) is 2.99. The van der Waals surface area contributed by atoms with Crippen molar-refractivity contribution in [2.45, 2.75) is 13.8 Å². The summed E-state index contributed by atoms with van der Waals surface area (Å²) in [5.74, 6) is 0.305. The second-order valence-electron chi connectivity index (χ2n) is 6.64. The van der Waals surface area contributed by atoms with Crippen molar-refractivity contribution in [3.63, 3.8) is 0 Å². The molecule has 1 aromatic heterocycles. The van der Waals surface area contributed by atoms with Crippen molar-refractivity contribution in [3.05, 3.63) is 83.4 Å². The van der Waals surface area contributed by atoms with E-state index in [-0.39, 0.29) is 5.91 Å². The highest BCUT2D eigenvalue weighted by atomic mass is 16.5. The van der Waals surface area contributed by atoms with Gasteiger partial charge in [0.2, 0.25) is 0 Å². The number of fused-ring (bicyclic) bond motifs is 1. The minimum absolute atomic E-state index is 0.160. The summed E-state index contributed by atoms with van der Waals surface area (Å²) in [5, 5.41) is 13.3. The minimum atomic E-state index is -0.160. The number of rotatable bonds is 3. The molecule has 0 aliphatic heterocycles. The zero-order valence-electron chi connectivity index (χ0n) is 15.1. The lowest BCUT2D eigenvalue weighted by molar-refractivity contribution is 0.102. The molecule has 2 N–H and O–H groups in total. The monoisotopic (exact) mass is 357 g/mol. The molecule has 0 saturated carbocycles. The van der Waals surface area contributed by atoms with Crippen molar-refractivity contribution in [1.82, 2.24) is 9.71 Å². The van der Waals surface area contributed by atoms with Gasteiger partial charge in [0.15, 0.2) is 5.82 Å². The van der Waals surface area contributed by atoms with Crippen molar-refractivity contribution in [2.24, 2.45) is 0 Å². The minimum Gasteiger partial charge on any atom is -0.426 e. The van der Waals surface area contributed by atoms with Crippen LogP contribution in [0.5, 0.6) is 0 Å². The Morgan fingerprint density at radius 2 is 1.59 bits per heavy atom. The van der Waals surface area contributed by atoms with E-state index in [9.17, 15) is 10.0 Å². The second kappa shape index (κ2) is 6.61. The van der Waals surface area contributed by atoms with Crippen molar-refractivity contribution in [3.8, 4) is 11.4 Å². The van der Waals surface area contributed by atoms with Gasteiger partial charge in [-0.15, -0.1) is 0 Å². The molecular formula is C22H19N3O2. The maximum atomic E-state index is 12.3. The molecule has 0 spiro atoms. The number of nitrogens with zero attached hydrogens (tertiary/aromatic N) is 2. The molecule has 0 aliphatic carbocycles. The summed E-state index contributed by atoms with van der Waals surface area (Å²) >= 11 is 0. The van der Waals surface area contributed by atoms with Gasteiger partial charge < -0.3 is 10.5 Å². The third-order valence-electron chi connectivity index (χ3n) is 4.50. The molecule has 4 aromatic rings. The van der Waals surface area contributed by atoms with Crippen LogP contribution in [-0.4, -0.2) is 20.8 Å². The predicted molar refractivity (Wildman–Crippen MR) is 106 cm³/mol. The number of carbonyl (C=O) groups excluding carboxylic acids is 1. The van der Waals surface area contributed by atoms with Gasteiger partial charge in [-0.2, -0.15) is 4.73 Å². The van der Waals surface area contributed by atoms with Crippen LogP contribution < -0.4 is 5.32 Å². The summed E-state index contributed by atoms with van der Waals surface area (Å²) in [5.41, 5.74) is 5.62. The Bertz CT molecular complexity index is 1130. The summed E-state index contributed by atoms with van der Waals surface area (Å²) in [7, 11) is 0. The van der Waals surface area contributed by atoms with Gasteiger partial charge in [-0.05, 0) is 67.9 Å². The van der Waals surface area contributed by atoms with E-state index < -0.39 is 0 Å². The van der Waals surface area contributed by atoms with Crippen molar-refractivity contribution in [2.75, 3.05) is 5.32 Å². The van der Waals surface area contributed by atoms with Gasteiger partial charge in [0.05, 0.1) is 5.52 Å². The van der Waals surface area contributed by atoms with Crippen LogP contribution in [0.3, 0.4) is 0 Å². The average molecular weight is 357 g/mol. The SMILES string of the molecule is Cc1ccc(C(=O)Nc2ccc(-c3nc4ccc(C)cc4n3O)cc2)cc1. The fourth-order valence-corrected chi connectivity index (χ4v) is 2.97. The number of hydrogen-bond donors (Lipinski definition) is 2. The Kier molecular flexibility index (Phi) is 4.12. The number of benzene rings is 3. The third kappa shape index (κ3) is 3.27. The first-order chi connectivity index (χ1) is 13.0. The van der Waals surface area contributed by atoms with E-state index in [1.54, 1.807) is 24.3 Å². The Balaban J connectivity index is 1.58. The summed E-state index contributed by atoms with van der Waals surface area (Å²) in [6.07, 6.45) is 0. The Labute approximate surface area is 156 Å². The van der Waals surface area contributed by atoms with E-state index in [1.165, 1.54) is 0 Å². The van der Waals surface area contributed by atoms with Gasteiger partial charge in [-0.1, -0.05) is 23.8 Å². The van der Waals surface area contributed by atoms with Crippen LogP contribution in [0.1, 0.15) is 21.5 Å². The highest BCUT2D eigenvalue weighted by Gasteiger charge is 2.12. The van der Waals surface area contributed by atoms with Crippen LogP contribution in [0.4, 0.5) is 5.69 Å². The molecule has 134 valence electrons. The van der Waals surface area contributed by atoms with E-state index in [0.29, 0.717) is 22.6 Å². The molecule has 0 fully saturated rings. The molecule has 0 saturated heterocycles. The molecule has 4 rings (SSSR count). The van der Waals surface area contributed by atoms with E-state index in [4.69, 9.17) is 0 Å². The standard InChI is InChI=1S/C22H19N3O2/c1-14-3-6-17(7-4-14)22(26)23-18-10-8-16(9-11-18)21-24-19-12-5-15(2)13-20(19)25(21)27/h3-13,27H,1-2H3,(H,23,26). The molecule has 27 heavy (non-hydrogen) atoms. The summed E-state index contributed by atoms with van der Waals surface area (Å²) < 4.78 is 1.10. The molecule has 1 amide bonds. The maximum absolute atomic E-state index is 12.3. The first-order valence-corrected chi connectivity index (χ1v) is 8.68. The van der Waals surface area contributed by atoms with Crippen molar-refractivity contribution in [1.29, 1.82) is 0 Å². The fraction of sp³-hybridized carbons (Fsp3) is 0.0909. The summed E-state index contributed by atoms with van der Waals surface area (Å²) in [6, 6.07) is 20.4. The number of hydrogen-bond acceptors (Lipinski definition) is 3. The first kappa shape index (κ1) is 16.8. The van der Waals surface area contributed by atoms with Crippen LogP contribution in [0, 0.1) is 13.8 Å². The Morgan fingerprint density at radius 3 is 2.30 bits per heavy atom. The first-order valence-electron chi connectivity index (χ1n) is 8.68. The zero-order chi connectivity index (χ0) is 19.0. The maximum Gasteiger partial charge on any atom is 0.255 e. The lowest BCUT2D eigenvalue weighted by Gasteiger charge is -2.07. The second-order valence-corrected chi connectivity index (χ2v) is 6.64. The van der Waals surface area contributed by atoms with E-state index in [1.807, 2.05) is 56.3 Å². The number of aryl methyl sites for hydroxylation is 2. The molecule has 5 nitrogen and oxygen atoms in total. The lowest BCUT2D eigenvalue weighted by Crippen LogP contribution is -2.11. The smallest absolute Gasteiger partial charge is 0.255 e. The van der Waals surface area contributed by atoms with E-state index >= 15 is 0 Å². The number of amides is 1. The number of carbonyl (C=O) groups is 1. The van der Waals surface area contributed by atoms with E-state index in [2.05, 4.69) is 10.3 Å². The molecule has 0 atom stereocenters. The van der Waals surface area contributed by atoms with Gasteiger partial charge in [0, 0.05) is 16.8 Å². The number of nitrogens with one attached hydrogen (secondary N) is 1. The van der Waals surface area contributed by atoms with Crippen LogP contribution in [-0.2, 0) is 0 Å². The molecular weight excluding hydrogens is 338 g/mol. The molecule has 0 unspecified atom stereocenters. The van der Waals surface area contributed by atoms with Gasteiger partial charge in [-0.3, -0.25) is 4.79 Å². The third-order valence-corrected chi connectivity index (χ3v) is 4.50. The molecule has 0 bridgehead atoms. The normalized spacial score (nSPS) is 10.9. The highest BCUT2D eigenvalue weighted by Crippen LogP contribution is 2.25. The van der Waals surface area contributed by atoms with Gasteiger partial charge in [0.25, 0.3) is 5.91 Å². The van der Waals surface area contributed by atoms with Crippen LogP contribution >= 0.6 is 0 Å². The number of imidazole rings is 1. The summed E-state index contributed by atoms with van der Waals surface area (Å²) in [4.78, 5) is 16.8. The molecule has 0 radical (unpaired) electrons. The van der Waals surface area contributed by atoms with E-state index in [0.717, 1.165) is 26.9 Å². The van der Waals surface area contributed by atoms with Gasteiger partial charge >= 0.3 is 0 Å². The topological polar surface area (TPSA) is 67.2 Å². The largest absolute Gasteiger partial charge is 0.426 e. The lowest BCUT2D eigenvalue weighted by atomic mass is 10.1. The Morgan fingerprint density at radius 1 is 0.926 bits per heavy atom. The van der Waals surface area contributed by atoms with Gasteiger partial charge in [0.1, 0.15) is 5.52 Å². The summed E-state index contributed by atoms with van der Waals surface area (Å²) in [6.45, 7) is 3.95. The van der Waals surface area contributed by atoms with Crippen LogP contribution in [0.2, 0.25) is 0 Å². The number of aromatic nitrogens is 2. The highest BCUT2D eigenvalue weighted by molar-refractivity contribution is 6.04. The fourth-order valence-electron chi connectivity index (χ4n) is 2.97. The van der Waals surface area contributed by atoms with Crippen LogP contribution in [0.15, 0.2) is 66.7 Å². The molecule has 1 heterocycles. The van der Waals surface area contributed by atoms with Crippen molar-refractivity contribution >= 4 is 22.6 Å². The molecule has 0 aliphatic rings. The van der Waals surface area contributed by atoms with Crippen LogP contribution in [0.25, 0.3) is 22.4 Å². The molecule has 5 heteroatoms. The predicted octanol–water partition coefficient (Wildman–Crippen LogP) is 4.81. The number of anilines is 1. The Hall–Kier alpha value is -3.60.